The Morgan fingerprint density at radius 1 is 1.04 bits per heavy atom. The molecule has 6 nitrogen and oxygen atoms in total. The Kier molecular flexibility index (Phi) is 6.58. The van der Waals surface area contributed by atoms with E-state index in [0.717, 1.165) is 56.6 Å². The third kappa shape index (κ3) is 4.83. The van der Waals surface area contributed by atoms with Crippen molar-refractivity contribution in [1.82, 2.24) is 19.8 Å². The molecule has 28 heavy (non-hydrogen) atoms. The zero-order chi connectivity index (χ0) is 20.4. The number of aryl methyl sites for hydroxylation is 1. The van der Waals surface area contributed by atoms with Crippen molar-refractivity contribution < 1.29 is 4.79 Å². The molecule has 0 radical (unpaired) electrons. The lowest BCUT2D eigenvalue weighted by molar-refractivity contribution is -0.139. The fourth-order valence-corrected chi connectivity index (χ4v) is 4.60. The lowest BCUT2D eigenvalue weighted by Gasteiger charge is -2.41. The van der Waals surface area contributed by atoms with Gasteiger partial charge in [-0.15, -0.1) is 0 Å². The highest BCUT2D eigenvalue weighted by Crippen LogP contribution is 2.23. The van der Waals surface area contributed by atoms with Crippen molar-refractivity contribution in [2.75, 3.05) is 44.2 Å². The Balaban J connectivity index is 1.60. The largest absolute Gasteiger partial charge is 0.354 e. The summed E-state index contributed by atoms with van der Waals surface area (Å²) >= 11 is 0. The monoisotopic (exact) mass is 387 g/mol. The molecule has 3 atom stereocenters. The normalized spacial score (nSPS) is 25.2. The van der Waals surface area contributed by atoms with Gasteiger partial charge in [0.05, 0.1) is 6.04 Å². The number of carbonyl (C=O) groups is 1. The number of piperidine rings is 1. The van der Waals surface area contributed by atoms with Gasteiger partial charge in [0, 0.05) is 56.9 Å². The molecule has 3 heterocycles. The van der Waals surface area contributed by atoms with Crippen molar-refractivity contribution >= 4 is 11.7 Å². The van der Waals surface area contributed by atoms with E-state index >= 15 is 0 Å². The maximum atomic E-state index is 13.1. The SMILES string of the molecule is Cc1cc(N2CCN(C(C)C(=O)N3CC(C)CC(C)C3)CC2)nc(C(C)C)n1. The van der Waals surface area contributed by atoms with Crippen LogP contribution in [0.4, 0.5) is 5.82 Å². The standard InChI is InChI=1S/C22H37N5O/c1-15(2)21-23-18(5)12-20(24-21)26-9-7-25(8-10-26)19(6)22(28)27-13-16(3)11-17(4)14-27/h12,15-17,19H,7-11,13-14H2,1-6H3. The lowest BCUT2D eigenvalue weighted by Crippen LogP contribution is -2.56. The zero-order valence-corrected chi connectivity index (χ0v) is 18.5. The van der Waals surface area contributed by atoms with Gasteiger partial charge in [-0.25, -0.2) is 9.97 Å². The number of anilines is 1. The van der Waals surface area contributed by atoms with Crippen LogP contribution < -0.4 is 4.90 Å². The Morgan fingerprint density at radius 2 is 1.64 bits per heavy atom. The zero-order valence-electron chi connectivity index (χ0n) is 18.5. The molecule has 3 unspecified atom stereocenters. The quantitative estimate of drug-likeness (QED) is 0.795. The molecule has 1 aromatic rings. The fraction of sp³-hybridized carbons (Fsp3) is 0.773. The van der Waals surface area contributed by atoms with Gasteiger partial charge in [0.25, 0.3) is 0 Å². The lowest BCUT2D eigenvalue weighted by atomic mass is 9.91. The van der Waals surface area contributed by atoms with Crippen molar-refractivity contribution in [1.29, 1.82) is 0 Å². The molecule has 156 valence electrons. The first kappa shape index (κ1) is 21.0. The minimum absolute atomic E-state index is 0.0435. The van der Waals surface area contributed by atoms with E-state index in [4.69, 9.17) is 4.98 Å². The minimum Gasteiger partial charge on any atom is -0.354 e. The van der Waals surface area contributed by atoms with Gasteiger partial charge >= 0.3 is 0 Å². The van der Waals surface area contributed by atoms with E-state index in [9.17, 15) is 4.79 Å². The van der Waals surface area contributed by atoms with Crippen LogP contribution in [0.25, 0.3) is 0 Å². The van der Waals surface area contributed by atoms with Crippen molar-refractivity contribution in [2.45, 2.75) is 59.9 Å². The first-order chi connectivity index (χ1) is 13.2. The van der Waals surface area contributed by atoms with Crippen molar-refractivity contribution in [3.8, 4) is 0 Å². The van der Waals surface area contributed by atoms with E-state index in [1.807, 2.05) is 6.92 Å². The highest BCUT2D eigenvalue weighted by atomic mass is 16.2. The van der Waals surface area contributed by atoms with Gasteiger partial charge in [0.15, 0.2) is 0 Å². The Bertz CT molecular complexity index is 674. The van der Waals surface area contributed by atoms with E-state index in [1.165, 1.54) is 6.42 Å². The molecule has 1 amide bonds. The average molecular weight is 388 g/mol. The van der Waals surface area contributed by atoms with Crippen LogP contribution in [-0.4, -0.2) is 71.0 Å². The van der Waals surface area contributed by atoms with Crippen LogP contribution in [0, 0.1) is 18.8 Å². The number of hydrogen-bond acceptors (Lipinski definition) is 5. The third-order valence-corrected chi connectivity index (χ3v) is 6.10. The number of nitrogens with zero attached hydrogens (tertiary/aromatic N) is 5. The van der Waals surface area contributed by atoms with Crippen LogP contribution in [0.3, 0.4) is 0 Å². The molecule has 0 saturated carbocycles. The summed E-state index contributed by atoms with van der Waals surface area (Å²) in [5, 5.41) is 0. The summed E-state index contributed by atoms with van der Waals surface area (Å²) in [4.78, 5) is 29.1. The summed E-state index contributed by atoms with van der Waals surface area (Å²) < 4.78 is 0. The maximum absolute atomic E-state index is 13.1. The van der Waals surface area contributed by atoms with Crippen LogP contribution in [0.2, 0.25) is 0 Å². The van der Waals surface area contributed by atoms with E-state index in [-0.39, 0.29) is 6.04 Å². The highest BCUT2D eigenvalue weighted by molar-refractivity contribution is 5.81. The van der Waals surface area contributed by atoms with E-state index in [1.54, 1.807) is 0 Å². The molecular weight excluding hydrogens is 350 g/mol. The topological polar surface area (TPSA) is 52.6 Å². The Morgan fingerprint density at radius 3 is 2.21 bits per heavy atom. The average Bonchev–Trinajstić information content (AvgIpc) is 2.65. The molecule has 6 heteroatoms. The third-order valence-electron chi connectivity index (χ3n) is 6.10. The van der Waals surface area contributed by atoms with Gasteiger partial charge in [-0.2, -0.15) is 0 Å². The molecule has 2 fully saturated rings. The van der Waals surface area contributed by atoms with Gasteiger partial charge in [-0.3, -0.25) is 9.69 Å². The molecule has 0 bridgehead atoms. The summed E-state index contributed by atoms with van der Waals surface area (Å²) in [6.45, 7) is 18.3. The molecule has 2 aliphatic rings. The van der Waals surface area contributed by atoms with Crippen LogP contribution >= 0.6 is 0 Å². The fourth-order valence-electron chi connectivity index (χ4n) is 4.60. The second kappa shape index (κ2) is 8.76. The van der Waals surface area contributed by atoms with Gasteiger partial charge in [-0.1, -0.05) is 27.7 Å². The molecule has 0 aromatic carbocycles. The van der Waals surface area contributed by atoms with Crippen molar-refractivity contribution in [3.63, 3.8) is 0 Å². The van der Waals surface area contributed by atoms with Crippen molar-refractivity contribution in [2.24, 2.45) is 11.8 Å². The molecule has 0 spiro atoms. The van der Waals surface area contributed by atoms with Crippen LogP contribution in [0.1, 0.15) is 58.5 Å². The molecule has 0 aliphatic carbocycles. The summed E-state index contributed by atoms with van der Waals surface area (Å²) in [5.74, 6) is 3.77. The van der Waals surface area contributed by atoms with E-state index in [2.05, 4.69) is 60.4 Å². The predicted octanol–water partition coefficient (Wildman–Crippen LogP) is 2.92. The second-order valence-electron chi connectivity index (χ2n) is 9.27. The molecule has 2 saturated heterocycles. The molecule has 1 aromatic heterocycles. The van der Waals surface area contributed by atoms with E-state index < -0.39 is 0 Å². The predicted molar refractivity (Wildman–Crippen MR) is 114 cm³/mol. The van der Waals surface area contributed by atoms with Crippen molar-refractivity contribution in [3.05, 3.63) is 17.6 Å². The van der Waals surface area contributed by atoms with Gasteiger partial charge in [-0.05, 0) is 32.1 Å². The summed E-state index contributed by atoms with van der Waals surface area (Å²) in [7, 11) is 0. The van der Waals surface area contributed by atoms with E-state index in [0.29, 0.717) is 23.7 Å². The van der Waals surface area contributed by atoms with Crippen LogP contribution in [-0.2, 0) is 4.79 Å². The number of piperazine rings is 1. The van der Waals surface area contributed by atoms with Gasteiger partial charge in [0.2, 0.25) is 5.91 Å². The molecule has 2 aliphatic heterocycles. The summed E-state index contributed by atoms with van der Waals surface area (Å²) in [6, 6.07) is 2.03. The van der Waals surface area contributed by atoms with Gasteiger partial charge in [0.1, 0.15) is 11.6 Å². The molecule has 3 rings (SSSR count). The highest BCUT2D eigenvalue weighted by Gasteiger charge is 2.32. The number of amides is 1. The summed E-state index contributed by atoms with van der Waals surface area (Å²) in [5.41, 5.74) is 1.02. The Labute approximate surface area is 170 Å². The second-order valence-corrected chi connectivity index (χ2v) is 9.27. The number of hydrogen-bond donors (Lipinski definition) is 0. The number of aromatic nitrogens is 2. The number of rotatable bonds is 4. The summed E-state index contributed by atoms with van der Waals surface area (Å²) in [6.07, 6.45) is 1.23. The van der Waals surface area contributed by atoms with Crippen LogP contribution in [0.15, 0.2) is 6.07 Å². The minimum atomic E-state index is -0.0435. The molecular formula is C22H37N5O. The Hall–Kier alpha value is -1.69. The number of carbonyl (C=O) groups excluding carboxylic acids is 1. The number of likely N-dealkylation sites (tertiary alicyclic amines) is 1. The van der Waals surface area contributed by atoms with Gasteiger partial charge < -0.3 is 9.80 Å². The maximum Gasteiger partial charge on any atom is 0.239 e. The first-order valence-corrected chi connectivity index (χ1v) is 10.9. The first-order valence-electron chi connectivity index (χ1n) is 10.9. The van der Waals surface area contributed by atoms with Crippen LogP contribution in [0.5, 0.6) is 0 Å². The molecule has 0 N–H and O–H groups in total. The smallest absolute Gasteiger partial charge is 0.239 e.